The highest BCUT2D eigenvalue weighted by Gasteiger charge is 2.09. The number of hydrogen-bond donors (Lipinski definition) is 4. The first-order valence-electron chi connectivity index (χ1n) is 8.37. The van der Waals surface area contributed by atoms with Crippen molar-refractivity contribution in [2.45, 2.75) is 32.2 Å². The lowest BCUT2D eigenvalue weighted by molar-refractivity contribution is -0.138. The van der Waals surface area contributed by atoms with E-state index in [4.69, 9.17) is 26.5 Å². The van der Waals surface area contributed by atoms with Crippen molar-refractivity contribution in [3.05, 3.63) is 60.7 Å². The van der Waals surface area contributed by atoms with E-state index in [-0.39, 0.29) is 0 Å². The lowest BCUT2D eigenvalue weighted by Gasteiger charge is -2.03. The topological polar surface area (TPSA) is 127 Å². The predicted octanol–water partition coefficient (Wildman–Crippen LogP) is 2.97. The number of benzene rings is 2. The molecule has 6 heteroatoms. The van der Waals surface area contributed by atoms with E-state index in [2.05, 4.69) is 48.5 Å². The number of unbranched alkanes of at least 4 members (excludes halogenated alkanes) is 1. The van der Waals surface area contributed by atoms with Crippen molar-refractivity contribution < 1.29 is 19.8 Å². The summed E-state index contributed by atoms with van der Waals surface area (Å²) in [5.74, 6) is -1.77. The maximum absolute atomic E-state index is 10.1. The number of hydrogen-bond acceptors (Lipinski definition) is 4. The minimum Gasteiger partial charge on any atom is -0.481 e. The number of carbonyl (C=O) groups is 2. The summed E-state index contributed by atoms with van der Waals surface area (Å²) in [7, 11) is 0. The lowest BCUT2D eigenvalue weighted by atomic mass is 10.1. The summed E-state index contributed by atoms with van der Waals surface area (Å²) in [4.78, 5) is 19.1. The van der Waals surface area contributed by atoms with E-state index < -0.39 is 18.0 Å². The van der Waals surface area contributed by atoms with Crippen molar-refractivity contribution in [1.29, 1.82) is 0 Å². The van der Waals surface area contributed by atoms with Gasteiger partial charge in [-0.05, 0) is 30.5 Å². The first-order chi connectivity index (χ1) is 12.4. The van der Waals surface area contributed by atoms with Crippen LogP contribution in [0.2, 0.25) is 0 Å². The molecule has 2 rings (SSSR count). The summed E-state index contributed by atoms with van der Waals surface area (Å²) in [5.41, 5.74) is 13.0. The molecule has 0 aliphatic carbocycles. The Morgan fingerprint density at radius 1 is 0.885 bits per heavy atom. The van der Waals surface area contributed by atoms with Crippen molar-refractivity contribution in [2.24, 2.45) is 11.5 Å². The summed E-state index contributed by atoms with van der Waals surface area (Å²) >= 11 is 0. The van der Waals surface area contributed by atoms with E-state index in [1.54, 1.807) is 0 Å². The highest BCUT2D eigenvalue weighted by Crippen LogP contribution is 2.17. The van der Waals surface area contributed by atoms with Crippen LogP contribution in [0.25, 0.3) is 11.1 Å². The third-order valence-corrected chi connectivity index (χ3v) is 3.17. The van der Waals surface area contributed by atoms with Crippen LogP contribution in [0.4, 0.5) is 0 Å². The highest BCUT2D eigenvalue weighted by atomic mass is 16.4. The van der Waals surface area contributed by atoms with Gasteiger partial charge in [0.05, 0.1) is 0 Å². The molecule has 1 atom stereocenters. The van der Waals surface area contributed by atoms with Gasteiger partial charge in [0, 0.05) is 6.92 Å². The molecule has 0 aromatic heterocycles. The second-order valence-electron chi connectivity index (χ2n) is 5.48. The number of carboxylic acids is 2. The fraction of sp³-hybridized carbons (Fsp3) is 0.300. The summed E-state index contributed by atoms with van der Waals surface area (Å²) in [5, 5.41) is 15.7. The van der Waals surface area contributed by atoms with Crippen LogP contribution in [0.5, 0.6) is 0 Å². The van der Waals surface area contributed by atoms with Crippen LogP contribution in [0.15, 0.2) is 60.7 Å². The molecule has 142 valence electrons. The molecule has 0 amide bonds. The zero-order valence-electron chi connectivity index (χ0n) is 15.0. The van der Waals surface area contributed by atoms with Crippen molar-refractivity contribution in [2.75, 3.05) is 6.54 Å². The van der Waals surface area contributed by atoms with Gasteiger partial charge in [-0.2, -0.15) is 0 Å². The van der Waals surface area contributed by atoms with Crippen LogP contribution in [0, 0.1) is 0 Å². The number of aliphatic carboxylic acids is 2. The molecular weight excluding hydrogens is 332 g/mol. The molecule has 6 nitrogen and oxygen atoms in total. The predicted molar refractivity (Wildman–Crippen MR) is 104 cm³/mol. The normalized spacial score (nSPS) is 10.4. The Kier molecular flexibility index (Phi) is 13.1. The molecule has 0 aliphatic heterocycles. The van der Waals surface area contributed by atoms with Crippen molar-refractivity contribution in [3.8, 4) is 11.1 Å². The van der Waals surface area contributed by atoms with Gasteiger partial charge >= 0.3 is 5.97 Å². The van der Waals surface area contributed by atoms with Crippen LogP contribution >= 0.6 is 0 Å². The van der Waals surface area contributed by atoms with Gasteiger partial charge in [0.25, 0.3) is 5.97 Å². The van der Waals surface area contributed by atoms with Gasteiger partial charge in [-0.1, -0.05) is 67.1 Å². The van der Waals surface area contributed by atoms with Crippen LogP contribution in [-0.4, -0.2) is 34.7 Å². The van der Waals surface area contributed by atoms with Crippen LogP contribution in [0.3, 0.4) is 0 Å². The summed E-state index contributed by atoms with van der Waals surface area (Å²) < 4.78 is 0. The maximum Gasteiger partial charge on any atom is 0.320 e. The molecule has 2 aromatic carbocycles. The molecule has 0 spiro atoms. The third kappa shape index (κ3) is 12.7. The van der Waals surface area contributed by atoms with Gasteiger partial charge in [0.15, 0.2) is 0 Å². The first kappa shape index (κ1) is 23.3. The molecule has 26 heavy (non-hydrogen) atoms. The second kappa shape index (κ2) is 14.6. The first-order valence-corrected chi connectivity index (χ1v) is 8.37. The molecule has 0 bridgehead atoms. The molecule has 0 saturated carbocycles. The van der Waals surface area contributed by atoms with Gasteiger partial charge in [0.2, 0.25) is 0 Å². The zero-order valence-corrected chi connectivity index (χ0v) is 15.0. The van der Waals surface area contributed by atoms with Gasteiger partial charge in [-0.25, -0.2) is 0 Å². The SMILES string of the molecule is CC(=O)O.NCCCCC(N)C(=O)O.c1ccc(-c2ccccc2)cc1. The molecule has 0 radical (unpaired) electrons. The van der Waals surface area contributed by atoms with Gasteiger partial charge in [-0.15, -0.1) is 0 Å². The van der Waals surface area contributed by atoms with Gasteiger partial charge in [-0.3, -0.25) is 9.59 Å². The average molecular weight is 360 g/mol. The minimum absolute atomic E-state index is 0.520. The van der Waals surface area contributed by atoms with Crippen LogP contribution in [-0.2, 0) is 9.59 Å². The standard InChI is InChI=1S/C12H10.C6H14N2O2.C2H4O2/c1-3-7-11(8-4-1)12-9-5-2-6-10-12;7-4-2-1-3-5(8)6(9)10;1-2(3)4/h1-10H;5H,1-4,7-8H2,(H,9,10);1H3,(H,3,4). The molecule has 0 heterocycles. The van der Waals surface area contributed by atoms with E-state index in [0.717, 1.165) is 19.8 Å². The zero-order chi connectivity index (χ0) is 19.8. The maximum atomic E-state index is 10.1. The molecule has 1 unspecified atom stereocenters. The fourth-order valence-corrected chi connectivity index (χ4v) is 1.89. The number of carboxylic acid groups (broad SMARTS) is 2. The molecule has 0 saturated heterocycles. The van der Waals surface area contributed by atoms with Gasteiger partial charge in [0.1, 0.15) is 6.04 Å². The quantitative estimate of drug-likeness (QED) is 0.587. The Labute approximate surface area is 154 Å². The third-order valence-electron chi connectivity index (χ3n) is 3.17. The minimum atomic E-state index is -0.933. The average Bonchev–Trinajstić information content (AvgIpc) is 2.63. The molecule has 2 aromatic rings. The Morgan fingerprint density at radius 2 is 1.27 bits per heavy atom. The summed E-state index contributed by atoms with van der Waals surface area (Å²) in [6.07, 6.45) is 2.16. The van der Waals surface area contributed by atoms with Crippen LogP contribution < -0.4 is 11.5 Å². The Balaban J connectivity index is 0.000000407. The monoisotopic (exact) mass is 360 g/mol. The number of nitrogens with two attached hydrogens (primary N) is 2. The summed E-state index contributed by atoms with van der Waals surface area (Å²) in [6.45, 7) is 1.69. The Hall–Kier alpha value is -2.70. The molecule has 0 fully saturated rings. The smallest absolute Gasteiger partial charge is 0.320 e. The van der Waals surface area contributed by atoms with E-state index in [1.807, 2.05) is 12.1 Å². The second-order valence-corrected chi connectivity index (χ2v) is 5.48. The molecule has 6 N–H and O–H groups in total. The lowest BCUT2D eigenvalue weighted by Crippen LogP contribution is -2.29. The van der Waals surface area contributed by atoms with E-state index in [1.165, 1.54) is 11.1 Å². The fourth-order valence-electron chi connectivity index (χ4n) is 1.89. The number of rotatable bonds is 6. The Morgan fingerprint density at radius 3 is 1.58 bits per heavy atom. The Bertz CT molecular complexity index is 577. The van der Waals surface area contributed by atoms with Crippen molar-refractivity contribution in [1.82, 2.24) is 0 Å². The molecular formula is C20H28N2O4. The van der Waals surface area contributed by atoms with E-state index in [9.17, 15) is 4.79 Å². The van der Waals surface area contributed by atoms with Crippen molar-refractivity contribution in [3.63, 3.8) is 0 Å². The van der Waals surface area contributed by atoms with Gasteiger partial charge < -0.3 is 21.7 Å². The summed E-state index contributed by atoms with van der Waals surface area (Å²) in [6, 6.07) is 20.1. The van der Waals surface area contributed by atoms with Crippen molar-refractivity contribution >= 4 is 11.9 Å². The van der Waals surface area contributed by atoms with E-state index in [0.29, 0.717) is 13.0 Å². The van der Waals surface area contributed by atoms with Crippen LogP contribution in [0.1, 0.15) is 26.2 Å². The highest BCUT2D eigenvalue weighted by molar-refractivity contribution is 5.72. The largest absolute Gasteiger partial charge is 0.481 e. The van der Waals surface area contributed by atoms with E-state index >= 15 is 0 Å². The molecule has 0 aliphatic rings.